The summed E-state index contributed by atoms with van der Waals surface area (Å²) < 4.78 is 2.12. The Balaban J connectivity index is 1.76. The predicted octanol–water partition coefficient (Wildman–Crippen LogP) is 0.937. The Bertz CT molecular complexity index is 353. The van der Waals surface area contributed by atoms with E-state index in [1.807, 2.05) is 7.05 Å². The molecule has 4 heteroatoms. The molecule has 82 valence electrons. The zero-order valence-electron chi connectivity index (χ0n) is 9.24. The van der Waals surface area contributed by atoms with Crippen molar-refractivity contribution in [1.29, 1.82) is 0 Å². The lowest BCUT2D eigenvalue weighted by molar-refractivity contribution is 0.354. The van der Waals surface area contributed by atoms with Gasteiger partial charge in [0.25, 0.3) is 0 Å². The van der Waals surface area contributed by atoms with Crippen molar-refractivity contribution in [3.63, 3.8) is 0 Å². The highest BCUT2D eigenvalue weighted by atomic mass is 15.4. The van der Waals surface area contributed by atoms with Gasteiger partial charge in [-0.1, -0.05) is 0 Å². The molecule has 2 aliphatic rings. The van der Waals surface area contributed by atoms with Gasteiger partial charge in [0.15, 0.2) is 5.82 Å². The molecule has 1 fully saturated rings. The van der Waals surface area contributed by atoms with Crippen LogP contribution in [0.1, 0.15) is 36.8 Å². The molecule has 1 aliphatic heterocycles. The number of hydrogen-bond acceptors (Lipinski definition) is 3. The summed E-state index contributed by atoms with van der Waals surface area (Å²) >= 11 is 0. The van der Waals surface area contributed by atoms with Crippen LogP contribution in [0.4, 0.5) is 0 Å². The lowest BCUT2D eigenvalue weighted by Crippen LogP contribution is -2.27. The molecule has 3 rings (SSSR count). The lowest BCUT2D eigenvalue weighted by atomic mass is 9.98. The number of nitrogens with zero attached hydrogens (tertiary/aromatic N) is 3. The molecule has 1 aromatic heterocycles. The van der Waals surface area contributed by atoms with E-state index in [9.17, 15) is 0 Å². The average Bonchev–Trinajstić information content (AvgIpc) is 2.99. The van der Waals surface area contributed by atoms with E-state index < -0.39 is 0 Å². The monoisotopic (exact) mass is 206 g/mol. The van der Waals surface area contributed by atoms with Crippen LogP contribution in [0.2, 0.25) is 0 Å². The summed E-state index contributed by atoms with van der Waals surface area (Å²) in [5, 5.41) is 7.85. The maximum Gasteiger partial charge on any atom is 0.154 e. The minimum atomic E-state index is 0.686. The molecule has 0 saturated heterocycles. The van der Waals surface area contributed by atoms with Crippen LogP contribution in [0.15, 0.2) is 0 Å². The molecule has 0 spiro atoms. The summed E-state index contributed by atoms with van der Waals surface area (Å²) in [6, 6.07) is 0. The number of rotatable bonds is 3. The van der Waals surface area contributed by atoms with E-state index in [1.54, 1.807) is 0 Å². The van der Waals surface area contributed by atoms with Crippen LogP contribution in [0.5, 0.6) is 0 Å². The first-order valence-electron chi connectivity index (χ1n) is 5.95. The van der Waals surface area contributed by atoms with Gasteiger partial charge in [-0.2, -0.15) is 5.10 Å². The van der Waals surface area contributed by atoms with E-state index in [0.717, 1.165) is 31.3 Å². The molecule has 15 heavy (non-hydrogen) atoms. The molecule has 0 amide bonds. The molecule has 1 saturated carbocycles. The fourth-order valence-electron chi connectivity index (χ4n) is 2.37. The first-order chi connectivity index (χ1) is 7.36. The van der Waals surface area contributed by atoms with E-state index >= 15 is 0 Å². The second kappa shape index (κ2) is 3.59. The summed E-state index contributed by atoms with van der Waals surface area (Å²) in [5.41, 5.74) is 0. The molecule has 0 radical (unpaired) electrons. The van der Waals surface area contributed by atoms with Crippen molar-refractivity contribution in [3.8, 4) is 0 Å². The molecular formula is C11H18N4. The number of hydrogen-bond donors (Lipinski definition) is 1. The number of nitrogens with one attached hydrogen (secondary N) is 1. The number of aryl methyl sites for hydroxylation is 1. The zero-order chi connectivity index (χ0) is 10.3. The zero-order valence-corrected chi connectivity index (χ0v) is 9.24. The minimum absolute atomic E-state index is 0.686. The van der Waals surface area contributed by atoms with Gasteiger partial charge < -0.3 is 5.32 Å². The average molecular weight is 206 g/mol. The third-order valence-electron chi connectivity index (χ3n) is 3.42. The molecule has 2 heterocycles. The van der Waals surface area contributed by atoms with Gasteiger partial charge in [-0.3, -0.25) is 0 Å². The lowest BCUT2D eigenvalue weighted by Gasteiger charge is -2.21. The topological polar surface area (TPSA) is 42.7 Å². The molecule has 1 aliphatic carbocycles. The fourth-order valence-corrected chi connectivity index (χ4v) is 2.37. The quantitative estimate of drug-likeness (QED) is 0.800. The van der Waals surface area contributed by atoms with Gasteiger partial charge in [-0.15, -0.1) is 0 Å². The van der Waals surface area contributed by atoms with Crippen molar-refractivity contribution in [1.82, 2.24) is 20.1 Å². The van der Waals surface area contributed by atoms with Crippen LogP contribution in [-0.4, -0.2) is 28.4 Å². The molecular weight excluding hydrogens is 188 g/mol. The Hall–Kier alpha value is -0.900. The standard InChI is InChI=1S/C11H18N4/c1-12-7-8-4-5-15-10(6-8)13-11(14-15)9-2-3-9/h8-9,12H,2-7H2,1H3. The highest BCUT2D eigenvalue weighted by Crippen LogP contribution is 2.38. The van der Waals surface area contributed by atoms with E-state index in [4.69, 9.17) is 0 Å². The summed E-state index contributed by atoms with van der Waals surface area (Å²) in [7, 11) is 2.02. The Morgan fingerprint density at radius 1 is 1.40 bits per heavy atom. The summed E-state index contributed by atoms with van der Waals surface area (Å²) in [6.45, 7) is 2.16. The van der Waals surface area contributed by atoms with Crippen LogP contribution in [-0.2, 0) is 13.0 Å². The second-order valence-corrected chi connectivity index (χ2v) is 4.80. The largest absolute Gasteiger partial charge is 0.319 e. The van der Waals surface area contributed by atoms with Gasteiger partial charge in [0.1, 0.15) is 5.82 Å². The van der Waals surface area contributed by atoms with Crippen LogP contribution in [0.3, 0.4) is 0 Å². The van der Waals surface area contributed by atoms with Crippen molar-refractivity contribution >= 4 is 0 Å². The van der Waals surface area contributed by atoms with Crippen molar-refractivity contribution in [2.24, 2.45) is 5.92 Å². The first kappa shape index (κ1) is 9.33. The van der Waals surface area contributed by atoms with Gasteiger partial charge in [0, 0.05) is 18.9 Å². The predicted molar refractivity (Wildman–Crippen MR) is 57.7 cm³/mol. The number of aromatic nitrogens is 3. The summed E-state index contributed by atoms with van der Waals surface area (Å²) in [4.78, 5) is 4.67. The highest BCUT2D eigenvalue weighted by Gasteiger charge is 2.30. The SMILES string of the molecule is CNCC1CCn2nc(C3CC3)nc2C1. The summed E-state index contributed by atoms with van der Waals surface area (Å²) in [5.74, 6) is 3.75. The first-order valence-corrected chi connectivity index (χ1v) is 5.95. The van der Waals surface area contributed by atoms with Crippen LogP contribution in [0, 0.1) is 5.92 Å². The summed E-state index contributed by atoms with van der Waals surface area (Å²) in [6.07, 6.45) is 4.93. The van der Waals surface area contributed by atoms with Gasteiger partial charge in [-0.25, -0.2) is 9.67 Å². The van der Waals surface area contributed by atoms with Crippen molar-refractivity contribution in [2.45, 2.75) is 38.1 Å². The smallest absolute Gasteiger partial charge is 0.154 e. The van der Waals surface area contributed by atoms with E-state index in [2.05, 4.69) is 20.1 Å². The van der Waals surface area contributed by atoms with Gasteiger partial charge in [0.2, 0.25) is 0 Å². The second-order valence-electron chi connectivity index (χ2n) is 4.80. The Morgan fingerprint density at radius 3 is 3.00 bits per heavy atom. The molecule has 4 nitrogen and oxygen atoms in total. The maximum absolute atomic E-state index is 4.67. The van der Waals surface area contributed by atoms with Crippen LogP contribution < -0.4 is 5.32 Å². The molecule has 0 bridgehead atoms. The van der Waals surface area contributed by atoms with Crippen LogP contribution in [0.25, 0.3) is 0 Å². The van der Waals surface area contributed by atoms with Crippen molar-refractivity contribution < 1.29 is 0 Å². The van der Waals surface area contributed by atoms with Gasteiger partial charge in [0.05, 0.1) is 0 Å². The Kier molecular flexibility index (Phi) is 2.24. The highest BCUT2D eigenvalue weighted by molar-refractivity contribution is 5.07. The fraction of sp³-hybridized carbons (Fsp3) is 0.818. The van der Waals surface area contributed by atoms with Crippen molar-refractivity contribution in [2.75, 3.05) is 13.6 Å². The molecule has 1 aromatic rings. The van der Waals surface area contributed by atoms with Gasteiger partial charge in [-0.05, 0) is 38.8 Å². The molecule has 0 aromatic carbocycles. The number of fused-ring (bicyclic) bond motifs is 1. The van der Waals surface area contributed by atoms with Crippen molar-refractivity contribution in [3.05, 3.63) is 11.6 Å². The molecule has 1 N–H and O–H groups in total. The third kappa shape index (κ3) is 1.78. The van der Waals surface area contributed by atoms with E-state index in [-0.39, 0.29) is 0 Å². The third-order valence-corrected chi connectivity index (χ3v) is 3.42. The molecule has 1 unspecified atom stereocenters. The minimum Gasteiger partial charge on any atom is -0.319 e. The normalized spacial score (nSPS) is 25.3. The molecule has 1 atom stereocenters. The Morgan fingerprint density at radius 2 is 2.27 bits per heavy atom. The van der Waals surface area contributed by atoms with E-state index in [1.165, 1.54) is 25.1 Å². The van der Waals surface area contributed by atoms with Gasteiger partial charge >= 0.3 is 0 Å². The maximum atomic E-state index is 4.67. The van der Waals surface area contributed by atoms with E-state index in [0.29, 0.717) is 5.92 Å². The Labute approximate surface area is 90.1 Å². The van der Waals surface area contributed by atoms with Crippen LogP contribution >= 0.6 is 0 Å².